The van der Waals surface area contributed by atoms with E-state index >= 15 is 0 Å². The van der Waals surface area contributed by atoms with Gasteiger partial charge in [0.25, 0.3) is 17.7 Å². The second-order valence-electron chi connectivity index (χ2n) is 18.6. The molecule has 0 unspecified atom stereocenters. The number of hydrogen-bond acceptors (Lipinski definition) is 17. The number of carbonyl (C=O) groups excluding carboxylic acids is 12. The molecule has 5 aliphatic rings. The zero-order valence-corrected chi connectivity index (χ0v) is 47.9. The lowest BCUT2D eigenvalue weighted by Gasteiger charge is -2.14. The number of nitrogens with zero attached hydrogens (tertiary/aromatic N) is 15. The third-order valence-corrected chi connectivity index (χ3v) is 12.2. The Morgan fingerprint density at radius 1 is 0.536 bits per heavy atom. The summed E-state index contributed by atoms with van der Waals surface area (Å²) < 4.78 is 8.71. The van der Waals surface area contributed by atoms with Crippen molar-refractivity contribution in [3.63, 3.8) is 0 Å². The molecule has 0 atom stereocenters. The number of nitrogens with one attached hydrogen (secondary N) is 4. The predicted octanol–water partition coefficient (Wildman–Crippen LogP) is 2.57. The number of urea groups is 3. The van der Waals surface area contributed by atoms with E-state index in [0.29, 0.717) is 103 Å². The van der Waals surface area contributed by atoms with Crippen LogP contribution in [0.2, 0.25) is 0 Å². The highest BCUT2D eigenvalue weighted by Gasteiger charge is 2.23. The van der Waals surface area contributed by atoms with Crippen molar-refractivity contribution in [1.29, 1.82) is 0 Å². The molecule has 460 valence electrons. The molecule has 3 aromatic heterocycles. The van der Waals surface area contributed by atoms with Crippen LogP contribution in [0.4, 0.5) is 24.0 Å². The maximum absolute atomic E-state index is 11.6. The summed E-state index contributed by atoms with van der Waals surface area (Å²) in [6.45, 7) is 14.0. The van der Waals surface area contributed by atoms with Crippen molar-refractivity contribution in [3.05, 3.63) is 56.2 Å². The number of amides is 13. The molecule has 8 heterocycles. The number of carbonyl (C=O) groups is 12. The van der Waals surface area contributed by atoms with E-state index < -0.39 is 23.8 Å². The summed E-state index contributed by atoms with van der Waals surface area (Å²) in [5, 5.41) is 21.1. The Morgan fingerprint density at radius 2 is 0.905 bits per heavy atom. The van der Waals surface area contributed by atoms with E-state index in [-0.39, 0.29) is 67.7 Å². The first kappa shape index (κ1) is 69.1. The Morgan fingerprint density at radius 3 is 1.23 bits per heavy atom. The topological polar surface area (TPSA) is 407 Å². The molecule has 5 saturated heterocycles. The zero-order chi connectivity index (χ0) is 61.5. The molecule has 6 N–H and O–H groups in total. The molecule has 5 aliphatic heterocycles. The first-order valence-corrected chi connectivity index (χ1v) is 27.7. The molecule has 84 heavy (non-hydrogen) atoms. The van der Waals surface area contributed by atoms with Gasteiger partial charge in [0.15, 0.2) is 0 Å². The standard InChI is InChI=1S/C14H22N6O4.C11H15N3O2.C10H16N4O4.C7H6N4O.C7H13NO.C2H6N2O/c21-11(3-1-7-19-9-5-15-13(19)23)17-18-12(22)4-2-8-20-10-6-16-14(20)24;15-10-3-1-6-13(10)7-2-4-11(16)14-8-5-12-9-14;1-2-18-10(17)13-12-8(15)4-3-6-14-7-5-11-9(14)16;12-7(10-3-1-8-5-10)11-4-2-9-6-11;1-2-5-8-6-3-4-7(8)9;1-2(5)4-3/h1-10H2,(H,15,23)(H,16,24);5,8-9H,1-4,6-7H2;2-7H2,1H3,(H,11,16);1-6H;2-6H2,1H3;3H2,1H3,(H,4,5). The minimum atomic E-state index is -0.871. The summed E-state index contributed by atoms with van der Waals surface area (Å²) in [5.74, 6) is 3.51. The molecule has 0 saturated carbocycles. The second-order valence-corrected chi connectivity index (χ2v) is 18.6. The molecule has 0 spiro atoms. The van der Waals surface area contributed by atoms with Crippen molar-refractivity contribution in [3.8, 4) is 0 Å². The van der Waals surface area contributed by atoms with E-state index in [4.69, 9.17) is 0 Å². The predicted molar refractivity (Wildman–Crippen MR) is 297 cm³/mol. The van der Waals surface area contributed by atoms with Crippen LogP contribution in [0.5, 0.6) is 0 Å². The van der Waals surface area contributed by atoms with Crippen LogP contribution in [0.25, 0.3) is 0 Å². The highest BCUT2D eigenvalue weighted by molar-refractivity contribution is 5.83. The zero-order valence-electron chi connectivity index (χ0n) is 47.9. The summed E-state index contributed by atoms with van der Waals surface area (Å²) in [5.41, 5.74) is 1.89. The molecule has 33 nitrogen and oxygen atoms in total. The maximum Gasteiger partial charge on any atom is 0.452 e. The Hall–Kier alpha value is -9.17. The van der Waals surface area contributed by atoms with Gasteiger partial charge < -0.3 is 45.2 Å². The lowest BCUT2D eigenvalue weighted by atomic mass is 10.3. The van der Waals surface area contributed by atoms with Crippen LogP contribution in [0, 0.1) is 0 Å². The quantitative estimate of drug-likeness (QED) is 0.0498. The fourth-order valence-corrected chi connectivity index (χ4v) is 7.93. The third-order valence-electron chi connectivity index (χ3n) is 12.2. The van der Waals surface area contributed by atoms with E-state index in [9.17, 15) is 57.5 Å². The van der Waals surface area contributed by atoms with Gasteiger partial charge >= 0.3 is 30.2 Å². The first-order chi connectivity index (χ1) is 40.4. The van der Waals surface area contributed by atoms with Crippen molar-refractivity contribution in [2.24, 2.45) is 26.3 Å². The summed E-state index contributed by atoms with van der Waals surface area (Å²) in [6.07, 6.45) is 20.7. The minimum absolute atomic E-state index is 0.0316. The van der Waals surface area contributed by atoms with Gasteiger partial charge in [0.1, 0.15) is 19.0 Å². The van der Waals surface area contributed by atoms with Gasteiger partial charge in [-0.15, -0.1) is 15.3 Å². The van der Waals surface area contributed by atoms with Crippen LogP contribution >= 0.6 is 0 Å². The monoisotopic (exact) mass is 1180 g/mol. The van der Waals surface area contributed by atoms with Gasteiger partial charge in [-0.2, -0.15) is 0 Å². The molecule has 0 aliphatic carbocycles. The van der Waals surface area contributed by atoms with Crippen molar-refractivity contribution in [2.75, 3.05) is 91.7 Å². The van der Waals surface area contributed by atoms with Crippen molar-refractivity contribution >= 4 is 71.6 Å². The van der Waals surface area contributed by atoms with Crippen molar-refractivity contribution in [2.45, 2.75) is 104 Å². The Labute approximate surface area is 485 Å². The number of aromatic nitrogens is 6. The normalized spacial score (nSPS) is 15.1. The summed E-state index contributed by atoms with van der Waals surface area (Å²) in [7, 11) is 0. The van der Waals surface area contributed by atoms with Gasteiger partial charge in [-0.3, -0.25) is 52.7 Å². The molecule has 0 aromatic carbocycles. The molecular weight excluding hydrogens is 1100 g/mol. The lowest BCUT2D eigenvalue weighted by Crippen LogP contribution is -2.29. The van der Waals surface area contributed by atoms with E-state index in [2.05, 4.69) is 68.9 Å². The summed E-state index contributed by atoms with van der Waals surface area (Å²) in [4.78, 5) is 154. The second kappa shape index (κ2) is 40.1. The SMILES string of the molecule is CC(=O)NN.CCCN1CCCC1=O.CCOC(=O)N=NC(=O)CCCN1CCNC1=O.O=C(CCCN1CCNC1=O)N=NC(=O)CCCN1CCNC1=O.O=C(n1ccnc1)n1ccnc1.O=C1CCCN1CCCC(=O)n1ccnc1. The number of hydrogen-bond donors (Lipinski definition) is 5. The van der Waals surface area contributed by atoms with Gasteiger partial charge in [-0.25, -0.2) is 44.8 Å². The molecule has 5 fully saturated rings. The number of azo groups is 2. The Bertz CT molecular complexity index is 2550. The van der Waals surface area contributed by atoms with E-state index in [1.165, 1.54) is 39.6 Å². The summed E-state index contributed by atoms with van der Waals surface area (Å²) in [6, 6.07) is -0.544. The van der Waals surface area contributed by atoms with Gasteiger partial charge in [0.2, 0.25) is 23.6 Å². The smallest absolute Gasteiger partial charge is 0.447 e. The Kier molecular flexibility index (Phi) is 33.0. The number of hydrazine groups is 1. The van der Waals surface area contributed by atoms with Crippen LogP contribution in [-0.2, 0) is 33.5 Å². The highest BCUT2D eigenvalue weighted by atomic mass is 16.5. The highest BCUT2D eigenvalue weighted by Crippen LogP contribution is 2.12. The Balaban J connectivity index is 0.000000277. The van der Waals surface area contributed by atoms with E-state index in [1.807, 2.05) is 15.2 Å². The number of likely N-dealkylation sites (tertiary alicyclic amines) is 2. The number of rotatable bonds is 19. The molecule has 8 rings (SSSR count). The molecule has 3 aromatic rings. The molecule has 0 radical (unpaired) electrons. The van der Waals surface area contributed by atoms with Gasteiger partial charge in [-0.1, -0.05) is 12.0 Å². The maximum atomic E-state index is 11.6. The van der Waals surface area contributed by atoms with Crippen LogP contribution < -0.4 is 27.2 Å². The fraction of sp³-hybridized carbons (Fsp3) is 0.588. The lowest BCUT2D eigenvalue weighted by molar-refractivity contribution is -0.128. The van der Waals surface area contributed by atoms with E-state index in [1.54, 1.807) is 58.8 Å². The molecular formula is C51H78N20O13. The largest absolute Gasteiger partial charge is 0.452 e. The summed E-state index contributed by atoms with van der Waals surface area (Å²) >= 11 is 0. The van der Waals surface area contributed by atoms with Crippen molar-refractivity contribution in [1.82, 2.24) is 74.5 Å². The molecule has 33 heteroatoms. The number of ether oxygens (including phenoxy) is 1. The first-order valence-electron chi connectivity index (χ1n) is 27.7. The van der Waals surface area contributed by atoms with Crippen molar-refractivity contribution < 1.29 is 62.3 Å². The number of imidazole rings is 3. The van der Waals surface area contributed by atoms with Gasteiger partial charge in [0.05, 0.1) is 6.61 Å². The van der Waals surface area contributed by atoms with Crippen LogP contribution in [0.15, 0.2) is 76.6 Å². The average Bonchev–Trinajstić information content (AvgIpc) is 4.38. The van der Waals surface area contributed by atoms with E-state index in [0.717, 1.165) is 51.7 Å². The molecule has 0 bridgehead atoms. The van der Waals surface area contributed by atoms with Gasteiger partial charge in [0, 0.05) is 168 Å². The van der Waals surface area contributed by atoms with Crippen LogP contribution in [0.3, 0.4) is 0 Å². The average molecular weight is 1180 g/mol. The van der Waals surface area contributed by atoms with Crippen LogP contribution in [-0.4, -0.2) is 216 Å². The van der Waals surface area contributed by atoms with Crippen LogP contribution in [0.1, 0.15) is 109 Å². The molecule has 13 amide bonds. The minimum Gasteiger partial charge on any atom is -0.447 e. The fourth-order valence-electron chi connectivity index (χ4n) is 7.93. The van der Waals surface area contributed by atoms with Gasteiger partial charge in [-0.05, 0) is 51.9 Å². The third kappa shape index (κ3) is 28.0. The number of nitrogens with two attached hydrogens (primary N) is 1.